The van der Waals surface area contributed by atoms with Crippen LogP contribution < -0.4 is 5.32 Å². The summed E-state index contributed by atoms with van der Waals surface area (Å²) in [6.45, 7) is 3.65. The molecular formula is C27H22F4N2O4. The summed E-state index contributed by atoms with van der Waals surface area (Å²) < 4.78 is 53.8. The highest BCUT2D eigenvalue weighted by Crippen LogP contribution is 2.34. The first kappa shape index (κ1) is 25.9. The van der Waals surface area contributed by atoms with Crippen LogP contribution in [0.15, 0.2) is 60.7 Å². The predicted octanol–water partition coefficient (Wildman–Crippen LogP) is 5.83. The Morgan fingerprint density at radius 1 is 1.00 bits per heavy atom. The number of carboxylic acids is 1. The summed E-state index contributed by atoms with van der Waals surface area (Å²) in [5.41, 5.74) is 0.0675. The van der Waals surface area contributed by atoms with Crippen molar-refractivity contribution in [2.24, 2.45) is 5.92 Å². The number of amides is 2. The van der Waals surface area contributed by atoms with E-state index in [2.05, 4.69) is 5.32 Å². The fourth-order valence-electron chi connectivity index (χ4n) is 4.44. The van der Waals surface area contributed by atoms with Gasteiger partial charge in [-0.05, 0) is 52.9 Å². The average Bonchev–Trinajstić information content (AvgIpc) is 3.13. The minimum absolute atomic E-state index is 0.148. The zero-order valence-electron chi connectivity index (χ0n) is 19.8. The highest BCUT2D eigenvalue weighted by Gasteiger charge is 2.38. The number of aliphatic carboxylic acids is 1. The SMILES string of the molecule is CC(C)C(C(=O)O)N1Cc2ccc(-c3ccc(NC(=O)c4c(F)cccc4C(F)(F)F)cc3)cc2C1=O. The molecule has 10 heteroatoms. The van der Waals surface area contributed by atoms with Crippen molar-refractivity contribution in [1.82, 2.24) is 4.90 Å². The van der Waals surface area contributed by atoms with E-state index in [4.69, 9.17) is 0 Å². The van der Waals surface area contributed by atoms with Gasteiger partial charge in [-0.1, -0.05) is 44.2 Å². The number of fused-ring (bicyclic) bond motifs is 1. The lowest BCUT2D eigenvalue weighted by atomic mass is 10.00. The van der Waals surface area contributed by atoms with E-state index >= 15 is 0 Å². The molecule has 1 unspecified atom stereocenters. The Balaban J connectivity index is 1.55. The minimum Gasteiger partial charge on any atom is -0.480 e. The summed E-state index contributed by atoms with van der Waals surface area (Å²) in [5, 5.41) is 11.8. The topological polar surface area (TPSA) is 86.7 Å². The van der Waals surface area contributed by atoms with Gasteiger partial charge in [-0.3, -0.25) is 9.59 Å². The molecule has 2 amide bonds. The van der Waals surface area contributed by atoms with Crippen LogP contribution in [0.3, 0.4) is 0 Å². The molecule has 0 aliphatic carbocycles. The lowest BCUT2D eigenvalue weighted by Crippen LogP contribution is -2.44. The van der Waals surface area contributed by atoms with Crippen molar-refractivity contribution in [3.63, 3.8) is 0 Å². The Morgan fingerprint density at radius 2 is 1.65 bits per heavy atom. The number of carbonyl (C=O) groups is 3. The van der Waals surface area contributed by atoms with Crippen LogP contribution in [0, 0.1) is 11.7 Å². The van der Waals surface area contributed by atoms with Crippen LogP contribution in [0.25, 0.3) is 11.1 Å². The summed E-state index contributed by atoms with van der Waals surface area (Å²) in [5.74, 6) is -4.27. The van der Waals surface area contributed by atoms with E-state index < -0.39 is 41.0 Å². The maximum absolute atomic E-state index is 14.1. The van der Waals surface area contributed by atoms with Gasteiger partial charge >= 0.3 is 12.1 Å². The zero-order chi connectivity index (χ0) is 27.1. The lowest BCUT2D eigenvalue weighted by Gasteiger charge is -2.27. The van der Waals surface area contributed by atoms with Gasteiger partial charge in [-0.2, -0.15) is 13.2 Å². The van der Waals surface area contributed by atoms with Crippen molar-refractivity contribution in [2.75, 3.05) is 5.32 Å². The average molecular weight is 514 g/mol. The number of nitrogens with one attached hydrogen (secondary N) is 1. The molecule has 1 heterocycles. The smallest absolute Gasteiger partial charge is 0.417 e. The number of carbonyl (C=O) groups excluding carboxylic acids is 2. The Bertz CT molecular complexity index is 1380. The molecule has 37 heavy (non-hydrogen) atoms. The maximum Gasteiger partial charge on any atom is 0.417 e. The number of benzene rings is 3. The van der Waals surface area contributed by atoms with Crippen LogP contribution >= 0.6 is 0 Å². The van der Waals surface area contributed by atoms with Gasteiger partial charge in [0.05, 0.1) is 11.1 Å². The molecule has 0 spiro atoms. The zero-order valence-corrected chi connectivity index (χ0v) is 19.8. The molecule has 0 fully saturated rings. The first-order chi connectivity index (χ1) is 17.4. The van der Waals surface area contributed by atoms with Gasteiger partial charge in [0, 0.05) is 17.8 Å². The van der Waals surface area contributed by atoms with Crippen molar-refractivity contribution in [3.8, 4) is 11.1 Å². The molecule has 192 valence electrons. The Labute approximate surface area is 209 Å². The molecule has 0 saturated carbocycles. The van der Waals surface area contributed by atoms with E-state index in [0.29, 0.717) is 28.3 Å². The number of hydrogen-bond acceptors (Lipinski definition) is 3. The fourth-order valence-corrected chi connectivity index (χ4v) is 4.44. The highest BCUT2D eigenvalue weighted by atomic mass is 19.4. The molecule has 1 aliphatic heterocycles. The van der Waals surface area contributed by atoms with E-state index in [0.717, 1.165) is 12.1 Å². The molecule has 0 radical (unpaired) electrons. The molecule has 1 atom stereocenters. The summed E-state index contributed by atoms with van der Waals surface area (Å²) >= 11 is 0. The second-order valence-electron chi connectivity index (χ2n) is 9.02. The van der Waals surface area contributed by atoms with Crippen LogP contribution in [0.1, 0.15) is 45.7 Å². The molecular weight excluding hydrogens is 492 g/mol. The van der Waals surface area contributed by atoms with Gasteiger partial charge in [0.2, 0.25) is 0 Å². The van der Waals surface area contributed by atoms with E-state index in [1.54, 1.807) is 44.2 Å². The van der Waals surface area contributed by atoms with Gasteiger partial charge < -0.3 is 15.3 Å². The van der Waals surface area contributed by atoms with Crippen LogP contribution in [0.5, 0.6) is 0 Å². The summed E-state index contributed by atoms with van der Waals surface area (Å²) in [7, 11) is 0. The second kappa shape index (κ2) is 9.68. The van der Waals surface area contributed by atoms with E-state index in [9.17, 15) is 37.1 Å². The summed E-state index contributed by atoms with van der Waals surface area (Å²) in [6.07, 6.45) is -4.90. The highest BCUT2D eigenvalue weighted by molar-refractivity contribution is 6.06. The first-order valence-corrected chi connectivity index (χ1v) is 11.3. The van der Waals surface area contributed by atoms with Gasteiger partial charge in [0.1, 0.15) is 11.9 Å². The van der Waals surface area contributed by atoms with E-state index in [1.165, 1.54) is 17.0 Å². The minimum atomic E-state index is -4.90. The predicted molar refractivity (Wildman–Crippen MR) is 127 cm³/mol. The third-order valence-electron chi connectivity index (χ3n) is 6.18. The maximum atomic E-state index is 14.1. The Morgan fingerprint density at radius 3 is 2.24 bits per heavy atom. The van der Waals surface area contributed by atoms with Gasteiger partial charge in [0.15, 0.2) is 0 Å². The largest absolute Gasteiger partial charge is 0.480 e. The Kier molecular flexibility index (Phi) is 6.77. The standard InChI is InChI=1S/C27H22F4N2O4/c1-14(2)23(26(36)37)33-13-17-7-6-16(12-19(17)25(33)35)15-8-10-18(11-9-15)32-24(34)22-20(27(29,30)31)4-3-5-21(22)28/h3-12,14,23H,13H2,1-2H3,(H,32,34)(H,36,37). The summed E-state index contributed by atoms with van der Waals surface area (Å²) in [6, 6.07) is 12.6. The van der Waals surface area contributed by atoms with Gasteiger partial charge in [-0.25, -0.2) is 9.18 Å². The number of alkyl halides is 3. The first-order valence-electron chi connectivity index (χ1n) is 11.3. The van der Waals surface area contributed by atoms with Crippen molar-refractivity contribution >= 4 is 23.5 Å². The molecule has 1 aliphatic rings. The van der Waals surface area contributed by atoms with Crippen LogP contribution in [-0.2, 0) is 17.5 Å². The molecule has 3 aromatic carbocycles. The van der Waals surface area contributed by atoms with E-state index in [-0.39, 0.29) is 24.1 Å². The van der Waals surface area contributed by atoms with Gasteiger partial charge in [0.25, 0.3) is 11.8 Å². The molecule has 3 aromatic rings. The van der Waals surface area contributed by atoms with Crippen LogP contribution in [-0.4, -0.2) is 33.8 Å². The lowest BCUT2D eigenvalue weighted by molar-refractivity contribution is -0.144. The number of hydrogen-bond donors (Lipinski definition) is 2. The number of nitrogens with zero attached hydrogens (tertiary/aromatic N) is 1. The fraction of sp³-hybridized carbons (Fsp3) is 0.222. The van der Waals surface area contributed by atoms with Crippen molar-refractivity contribution in [1.29, 1.82) is 0 Å². The van der Waals surface area contributed by atoms with Crippen molar-refractivity contribution in [2.45, 2.75) is 32.6 Å². The Hall–Kier alpha value is -4.21. The van der Waals surface area contributed by atoms with Gasteiger partial charge in [-0.15, -0.1) is 0 Å². The normalized spacial score (nSPS) is 14.0. The summed E-state index contributed by atoms with van der Waals surface area (Å²) in [4.78, 5) is 38.5. The number of rotatable bonds is 6. The number of carboxylic acid groups (broad SMARTS) is 1. The second-order valence-corrected chi connectivity index (χ2v) is 9.02. The molecule has 6 nitrogen and oxygen atoms in total. The van der Waals surface area contributed by atoms with Crippen molar-refractivity contribution < 1.29 is 37.1 Å². The quantitative estimate of drug-likeness (QED) is 0.406. The molecule has 0 aromatic heterocycles. The van der Waals surface area contributed by atoms with Crippen LogP contribution in [0.2, 0.25) is 0 Å². The molecule has 2 N–H and O–H groups in total. The van der Waals surface area contributed by atoms with Crippen molar-refractivity contribution in [3.05, 3.63) is 88.7 Å². The molecule has 0 bridgehead atoms. The molecule has 4 rings (SSSR count). The number of halogens is 4. The third kappa shape index (κ3) is 5.04. The number of anilines is 1. The third-order valence-corrected chi connectivity index (χ3v) is 6.18. The van der Waals surface area contributed by atoms with Crippen LogP contribution in [0.4, 0.5) is 23.2 Å². The monoisotopic (exact) mass is 514 g/mol. The molecule has 0 saturated heterocycles. The van der Waals surface area contributed by atoms with E-state index in [1.807, 2.05) is 0 Å².